The van der Waals surface area contributed by atoms with E-state index in [-0.39, 0.29) is 5.75 Å². The highest BCUT2D eigenvalue weighted by Gasteiger charge is 2.35. The van der Waals surface area contributed by atoms with Gasteiger partial charge in [0.15, 0.2) is 0 Å². The van der Waals surface area contributed by atoms with Crippen molar-refractivity contribution in [1.29, 1.82) is 0 Å². The summed E-state index contributed by atoms with van der Waals surface area (Å²) in [5, 5.41) is 19.7. The fourth-order valence-corrected chi connectivity index (χ4v) is 2.57. The van der Waals surface area contributed by atoms with Crippen molar-refractivity contribution in [3.63, 3.8) is 0 Å². The summed E-state index contributed by atoms with van der Waals surface area (Å²) in [4.78, 5) is 0. The topological polar surface area (TPSA) is 40.5 Å². The summed E-state index contributed by atoms with van der Waals surface area (Å²) in [5.41, 5.74) is 0.472. The average Bonchev–Trinajstić information content (AvgIpc) is 2.45. The van der Waals surface area contributed by atoms with Crippen molar-refractivity contribution in [3.05, 3.63) is 29.8 Å². The van der Waals surface area contributed by atoms with Crippen LogP contribution in [0.15, 0.2) is 24.3 Å². The minimum atomic E-state index is -0.548. The number of aromatic hydroxyl groups is 1. The first-order valence-corrected chi connectivity index (χ1v) is 5.58. The summed E-state index contributed by atoms with van der Waals surface area (Å²) >= 11 is 0. The van der Waals surface area contributed by atoms with Crippen LogP contribution in [-0.4, -0.2) is 15.8 Å². The maximum atomic E-state index is 10.3. The number of phenolic OH excluding ortho intramolecular Hbond substituents is 1. The van der Waals surface area contributed by atoms with E-state index in [1.807, 2.05) is 12.1 Å². The normalized spacial score (nSPS) is 30.7. The summed E-state index contributed by atoms with van der Waals surface area (Å²) < 4.78 is 0. The third-order valence-electron chi connectivity index (χ3n) is 3.27. The first kappa shape index (κ1) is 10.5. The highest BCUT2D eigenvalue weighted by atomic mass is 16.3. The van der Waals surface area contributed by atoms with Gasteiger partial charge in [-0.15, -0.1) is 0 Å². The summed E-state index contributed by atoms with van der Waals surface area (Å²) in [6.07, 6.45) is 3.52. The lowest BCUT2D eigenvalue weighted by Crippen LogP contribution is -2.27. The molecule has 2 N–H and O–H groups in total. The van der Waals surface area contributed by atoms with E-state index in [2.05, 4.69) is 6.92 Å². The van der Waals surface area contributed by atoms with Gasteiger partial charge in [-0.05, 0) is 42.9 Å². The molecule has 2 unspecified atom stereocenters. The van der Waals surface area contributed by atoms with Gasteiger partial charge < -0.3 is 10.2 Å². The number of aliphatic hydroxyl groups is 1. The molecular weight excluding hydrogens is 188 g/mol. The van der Waals surface area contributed by atoms with Gasteiger partial charge in [-0.3, -0.25) is 0 Å². The average molecular weight is 206 g/mol. The monoisotopic (exact) mass is 206 g/mol. The highest BCUT2D eigenvalue weighted by Crippen LogP contribution is 2.36. The van der Waals surface area contributed by atoms with Crippen LogP contribution in [0.5, 0.6) is 5.75 Å². The van der Waals surface area contributed by atoms with E-state index in [0.29, 0.717) is 12.3 Å². The Morgan fingerprint density at radius 3 is 2.87 bits per heavy atom. The molecule has 2 nitrogen and oxygen atoms in total. The summed E-state index contributed by atoms with van der Waals surface area (Å²) in [6, 6.07) is 7.18. The van der Waals surface area contributed by atoms with Crippen molar-refractivity contribution in [2.45, 2.75) is 38.2 Å². The molecule has 2 atom stereocenters. The Morgan fingerprint density at radius 2 is 2.27 bits per heavy atom. The van der Waals surface area contributed by atoms with Gasteiger partial charge >= 0.3 is 0 Å². The molecule has 0 amide bonds. The molecule has 2 rings (SSSR count). The minimum Gasteiger partial charge on any atom is -0.508 e. The van der Waals surface area contributed by atoms with Crippen LogP contribution < -0.4 is 0 Å². The maximum absolute atomic E-state index is 10.3. The molecule has 1 aromatic carbocycles. The van der Waals surface area contributed by atoms with Gasteiger partial charge in [0.05, 0.1) is 5.60 Å². The molecule has 1 aliphatic carbocycles. The van der Waals surface area contributed by atoms with Crippen LogP contribution in [0.1, 0.15) is 31.7 Å². The maximum Gasteiger partial charge on any atom is 0.115 e. The van der Waals surface area contributed by atoms with Gasteiger partial charge in [0.25, 0.3) is 0 Å². The molecule has 15 heavy (non-hydrogen) atoms. The molecule has 0 radical (unpaired) electrons. The quantitative estimate of drug-likeness (QED) is 0.780. The number of benzene rings is 1. The second-order valence-electron chi connectivity index (χ2n) is 4.92. The molecule has 0 spiro atoms. The predicted molar refractivity (Wildman–Crippen MR) is 59.8 cm³/mol. The van der Waals surface area contributed by atoms with E-state index < -0.39 is 5.60 Å². The van der Waals surface area contributed by atoms with Crippen LogP contribution >= 0.6 is 0 Å². The predicted octanol–water partition coefficient (Wildman–Crippen LogP) is 2.49. The van der Waals surface area contributed by atoms with Crippen molar-refractivity contribution in [2.24, 2.45) is 5.92 Å². The number of hydrogen-bond donors (Lipinski definition) is 2. The third kappa shape index (κ3) is 2.51. The van der Waals surface area contributed by atoms with Crippen molar-refractivity contribution in [3.8, 4) is 5.75 Å². The molecule has 0 heterocycles. The van der Waals surface area contributed by atoms with E-state index >= 15 is 0 Å². The summed E-state index contributed by atoms with van der Waals surface area (Å²) in [6.45, 7) is 2.18. The Balaban J connectivity index is 2.08. The number of hydrogen-bond acceptors (Lipinski definition) is 2. The van der Waals surface area contributed by atoms with E-state index in [0.717, 1.165) is 24.8 Å². The van der Waals surface area contributed by atoms with Crippen LogP contribution in [0.3, 0.4) is 0 Å². The fraction of sp³-hybridized carbons (Fsp3) is 0.538. The Hall–Kier alpha value is -1.02. The Kier molecular flexibility index (Phi) is 2.70. The molecule has 2 heteroatoms. The SMILES string of the molecule is CC1CCC(O)(Cc2cccc(O)c2)C1. The molecule has 0 saturated heterocycles. The molecule has 82 valence electrons. The summed E-state index contributed by atoms with van der Waals surface area (Å²) in [5.74, 6) is 0.898. The Labute approximate surface area is 90.6 Å². The minimum absolute atomic E-state index is 0.280. The first-order valence-electron chi connectivity index (χ1n) is 5.58. The van der Waals surface area contributed by atoms with Crippen LogP contribution in [0.25, 0.3) is 0 Å². The van der Waals surface area contributed by atoms with Gasteiger partial charge in [0.2, 0.25) is 0 Å². The molecular formula is C13H18O2. The lowest BCUT2D eigenvalue weighted by atomic mass is 9.92. The zero-order valence-electron chi connectivity index (χ0n) is 9.11. The zero-order chi connectivity index (χ0) is 10.9. The molecule has 0 bridgehead atoms. The van der Waals surface area contributed by atoms with Gasteiger partial charge in [-0.2, -0.15) is 0 Å². The molecule has 0 aromatic heterocycles. The number of phenols is 1. The van der Waals surface area contributed by atoms with Crippen LogP contribution in [0.2, 0.25) is 0 Å². The second kappa shape index (κ2) is 3.86. The van der Waals surface area contributed by atoms with Crippen molar-refractivity contribution >= 4 is 0 Å². The lowest BCUT2D eigenvalue weighted by molar-refractivity contribution is 0.0446. The van der Waals surface area contributed by atoms with Crippen molar-refractivity contribution < 1.29 is 10.2 Å². The van der Waals surface area contributed by atoms with E-state index in [1.165, 1.54) is 0 Å². The molecule has 0 aliphatic heterocycles. The third-order valence-corrected chi connectivity index (χ3v) is 3.27. The van der Waals surface area contributed by atoms with Gasteiger partial charge in [0.1, 0.15) is 5.75 Å². The second-order valence-corrected chi connectivity index (χ2v) is 4.92. The van der Waals surface area contributed by atoms with Gasteiger partial charge in [-0.1, -0.05) is 19.1 Å². The molecule has 1 aromatic rings. The van der Waals surface area contributed by atoms with Crippen molar-refractivity contribution in [1.82, 2.24) is 0 Å². The summed E-state index contributed by atoms with van der Waals surface area (Å²) in [7, 11) is 0. The lowest BCUT2D eigenvalue weighted by Gasteiger charge is -2.22. The highest BCUT2D eigenvalue weighted by molar-refractivity contribution is 5.28. The Morgan fingerprint density at radius 1 is 1.47 bits per heavy atom. The fourth-order valence-electron chi connectivity index (χ4n) is 2.57. The van der Waals surface area contributed by atoms with E-state index in [4.69, 9.17) is 0 Å². The number of rotatable bonds is 2. The standard InChI is InChI=1S/C13H18O2/c1-10-5-6-13(15,8-10)9-11-3-2-4-12(14)7-11/h2-4,7,10,14-15H,5-6,8-9H2,1H3. The van der Waals surface area contributed by atoms with Crippen molar-refractivity contribution in [2.75, 3.05) is 0 Å². The Bertz CT molecular complexity index is 348. The smallest absolute Gasteiger partial charge is 0.115 e. The van der Waals surface area contributed by atoms with Crippen LogP contribution in [0.4, 0.5) is 0 Å². The largest absolute Gasteiger partial charge is 0.508 e. The van der Waals surface area contributed by atoms with Crippen LogP contribution in [0, 0.1) is 5.92 Å². The van der Waals surface area contributed by atoms with Gasteiger partial charge in [0, 0.05) is 6.42 Å². The molecule has 1 saturated carbocycles. The van der Waals surface area contributed by atoms with Crippen LogP contribution in [-0.2, 0) is 6.42 Å². The zero-order valence-corrected chi connectivity index (χ0v) is 9.11. The molecule has 1 aliphatic rings. The van der Waals surface area contributed by atoms with E-state index in [1.54, 1.807) is 12.1 Å². The molecule has 1 fully saturated rings. The van der Waals surface area contributed by atoms with Gasteiger partial charge in [-0.25, -0.2) is 0 Å². The first-order chi connectivity index (χ1) is 7.07. The van der Waals surface area contributed by atoms with E-state index in [9.17, 15) is 10.2 Å².